The Labute approximate surface area is 101 Å². The molecular formula is C14H28N2. The molecule has 2 aliphatic rings. The van der Waals surface area contributed by atoms with Gasteiger partial charge in [0.15, 0.2) is 0 Å². The fourth-order valence-corrected chi connectivity index (χ4v) is 3.74. The van der Waals surface area contributed by atoms with Crippen LogP contribution in [0.4, 0.5) is 0 Å². The van der Waals surface area contributed by atoms with E-state index in [1.165, 1.54) is 51.4 Å². The third-order valence-corrected chi connectivity index (χ3v) is 4.85. The minimum Gasteiger partial charge on any atom is -0.328 e. The van der Waals surface area contributed by atoms with Crippen molar-refractivity contribution in [1.82, 2.24) is 4.90 Å². The average Bonchev–Trinajstić information content (AvgIpc) is 2.29. The van der Waals surface area contributed by atoms with Crippen molar-refractivity contribution in [3.8, 4) is 0 Å². The van der Waals surface area contributed by atoms with Crippen LogP contribution in [0.1, 0.15) is 58.3 Å². The van der Waals surface area contributed by atoms with Gasteiger partial charge in [0.2, 0.25) is 0 Å². The van der Waals surface area contributed by atoms with E-state index in [2.05, 4.69) is 18.9 Å². The first kappa shape index (κ1) is 12.4. The molecule has 0 radical (unpaired) electrons. The predicted octanol–water partition coefficient (Wildman–Crippen LogP) is 2.77. The molecule has 0 saturated heterocycles. The zero-order chi connectivity index (χ0) is 11.5. The summed E-state index contributed by atoms with van der Waals surface area (Å²) >= 11 is 0. The summed E-state index contributed by atoms with van der Waals surface area (Å²) in [6.45, 7) is 2.43. The second-order valence-corrected chi connectivity index (χ2v) is 6.08. The van der Waals surface area contributed by atoms with Gasteiger partial charge < -0.3 is 10.6 Å². The van der Waals surface area contributed by atoms with E-state index in [-0.39, 0.29) is 0 Å². The highest BCUT2D eigenvalue weighted by Crippen LogP contribution is 2.31. The van der Waals surface area contributed by atoms with Crippen molar-refractivity contribution in [2.45, 2.75) is 76.4 Å². The highest BCUT2D eigenvalue weighted by molar-refractivity contribution is 4.87. The molecule has 2 nitrogen and oxygen atoms in total. The first-order valence-corrected chi connectivity index (χ1v) is 7.16. The topological polar surface area (TPSA) is 29.3 Å². The largest absolute Gasteiger partial charge is 0.328 e. The van der Waals surface area contributed by atoms with Crippen LogP contribution in [0.25, 0.3) is 0 Å². The molecule has 2 rings (SSSR count). The molecule has 2 fully saturated rings. The first-order chi connectivity index (χ1) is 7.68. The quantitative estimate of drug-likeness (QED) is 0.781. The lowest BCUT2D eigenvalue weighted by atomic mass is 9.82. The summed E-state index contributed by atoms with van der Waals surface area (Å²) in [5.74, 6) is 0.886. The summed E-state index contributed by atoms with van der Waals surface area (Å²) in [6.07, 6.45) is 10.9. The highest BCUT2D eigenvalue weighted by Gasteiger charge is 2.31. The Hall–Kier alpha value is -0.0800. The molecule has 16 heavy (non-hydrogen) atoms. The molecule has 0 bridgehead atoms. The van der Waals surface area contributed by atoms with Crippen LogP contribution in [0.2, 0.25) is 0 Å². The number of rotatable bonds is 2. The van der Waals surface area contributed by atoms with Gasteiger partial charge >= 0.3 is 0 Å². The van der Waals surface area contributed by atoms with Gasteiger partial charge in [-0.3, -0.25) is 0 Å². The molecule has 4 unspecified atom stereocenters. The predicted molar refractivity (Wildman–Crippen MR) is 69.4 cm³/mol. The van der Waals surface area contributed by atoms with Gasteiger partial charge in [0.25, 0.3) is 0 Å². The SMILES string of the molecule is CC1CCCCC1N(C)C1CCCC(N)C1. The van der Waals surface area contributed by atoms with Gasteiger partial charge in [-0.25, -0.2) is 0 Å². The van der Waals surface area contributed by atoms with E-state index in [1.54, 1.807) is 0 Å². The van der Waals surface area contributed by atoms with Crippen LogP contribution in [-0.4, -0.2) is 30.1 Å². The number of nitrogens with two attached hydrogens (primary N) is 1. The van der Waals surface area contributed by atoms with Gasteiger partial charge in [0.05, 0.1) is 0 Å². The molecule has 94 valence electrons. The van der Waals surface area contributed by atoms with Crippen molar-refractivity contribution in [3.05, 3.63) is 0 Å². The van der Waals surface area contributed by atoms with Crippen LogP contribution < -0.4 is 5.73 Å². The van der Waals surface area contributed by atoms with Crippen molar-refractivity contribution >= 4 is 0 Å². The monoisotopic (exact) mass is 224 g/mol. The lowest BCUT2D eigenvalue weighted by molar-refractivity contribution is 0.0733. The summed E-state index contributed by atoms with van der Waals surface area (Å²) in [6, 6.07) is 2.04. The molecule has 0 aliphatic heterocycles. The maximum Gasteiger partial charge on any atom is 0.0121 e. The minimum atomic E-state index is 0.458. The van der Waals surface area contributed by atoms with Crippen molar-refractivity contribution in [1.29, 1.82) is 0 Å². The van der Waals surface area contributed by atoms with E-state index in [4.69, 9.17) is 5.73 Å². The smallest absolute Gasteiger partial charge is 0.0121 e. The molecule has 2 N–H and O–H groups in total. The molecule has 0 heterocycles. The maximum atomic E-state index is 6.10. The number of hydrogen-bond donors (Lipinski definition) is 1. The summed E-state index contributed by atoms with van der Waals surface area (Å²) in [7, 11) is 2.34. The van der Waals surface area contributed by atoms with E-state index in [0.717, 1.165) is 18.0 Å². The summed E-state index contributed by atoms with van der Waals surface area (Å²) in [4.78, 5) is 2.67. The average molecular weight is 224 g/mol. The van der Waals surface area contributed by atoms with Crippen molar-refractivity contribution in [3.63, 3.8) is 0 Å². The van der Waals surface area contributed by atoms with Crippen LogP contribution in [0, 0.1) is 5.92 Å². The van der Waals surface area contributed by atoms with E-state index in [0.29, 0.717) is 6.04 Å². The molecule has 0 spiro atoms. The van der Waals surface area contributed by atoms with Gasteiger partial charge in [0.1, 0.15) is 0 Å². The zero-order valence-electron chi connectivity index (χ0n) is 11.0. The lowest BCUT2D eigenvalue weighted by Gasteiger charge is -2.43. The molecule has 2 heteroatoms. The van der Waals surface area contributed by atoms with E-state index in [9.17, 15) is 0 Å². The van der Waals surface area contributed by atoms with E-state index >= 15 is 0 Å². The van der Waals surface area contributed by atoms with Crippen LogP contribution in [0.15, 0.2) is 0 Å². The summed E-state index contributed by atoms with van der Waals surface area (Å²) in [5.41, 5.74) is 6.10. The Morgan fingerprint density at radius 2 is 1.75 bits per heavy atom. The summed E-state index contributed by atoms with van der Waals surface area (Å²) in [5, 5.41) is 0. The molecule has 0 amide bonds. The van der Waals surface area contributed by atoms with Gasteiger partial charge in [0, 0.05) is 18.1 Å². The second kappa shape index (κ2) is 5.50. The Morgan fingerprint density at radius 3 is 2.44 bits per heavy atom. The molecule has 2 aliphatic carbocycles. The van der Waals surface area contributed by atoms with Crippen LogP contribution in [0.5, 0.6) is 0 Å². The van der Waals surface area contributed by atoms with Crippen LogP contribution in [-0.2, 0) is 0 Å². The second-order valence-electron chi connectivity index (χ2n) is 6.08. The van der Waals surface area contributed by atoms with Crippen molar-refractivity contribution in [2.24, 2.45) is 11.7 Å². The third kappa shape index (κ3) is 2.78. The Kier molecular flexibility index (Phi) is 4.26. The van der Waals surface area contributed by atoms with Gasteiger partial charge in [-0.15, -0.1) is 0 Å². The molecule has 0 aromatic carbocycles. The highest BCUT2D eigenvalue weighted by atomic mass is 15.2. The molecule has 2 saturated carbocycles. The Bertz CT molecular complexity index is 217. The van der Waals surface area contributed by atoms with E-state index < -0.39 is 0 Å². The third-order valence-electron chi connectivity index (χ3n) is 4.85. The Balaban J connectivity index is 1.91. The molecular weight excluding hydrogens is 196 g/mol. The minimum absolute atomic E-state index is 0.458. The Morgan fingerprint density at radius 1 is 1.00 bits per heavy atom. The standard InChI is InChI=1S/C14H28N2/c1-11-6-3-4-9-14(11)16(2)13-8-5-7-12(15)10-13/h11-14H,3-10,15H2,1-2H3. The van der Waals surface area contributed by atoms with Gasteiger partial charge in [-0.2, -0.15) is 0 Å². The molecule has 0 aromatic heterocycles. The van der Waals surface area contributed by atoms with Gasteiger partial charge in [-0.05, 0) is 45.1 Å². The van der Waals surface area contributed by atoms with Crippen molar-refractivity contribution in [2.75, 3.05) is 7.05 Å². The lowest BCUT2D eigenvalue weighted by Crippen LogP contribution is -2.48. The zero-order valence-corrected chi connectivity index (χ0v) is 11.0. The van der Waals surface area contributed by atoms with Crippen LogP contribution in [0.3, 0.4) is 0 Å². The maximum absolute atomic E-state index is 6.10. The molecule has 0 aromatic rings. The normalized spacial score (nSPS) is 41.2. The van der Waals surface area contributed by atoms with E-state index in [1.807, 2.05) is 0 Å². The van der Waals surface area contributed by atoms with Crippen molar-refractivity contribution < 1.29 is 0 Å². The number of hydrogen-bond acceptors (Lipinski definition) is 2. The summed E-state index contributed by atoms with van der Waals surface area (Å²) < 4.78 is 0. The fourth-order valence-electron chi connectivity index (χ4n) is 3.74. The first-order valence-electron chi connectivity index (χ1n) is 7.16. The number of nitrogens with zero attached hydrogens (tertiary/aromatic N) is 1. The van der Waals surface area contributed by atoms with Crippen LogP contribution >= 0.6 is 0 Å². The molecule has 4 atom stereocenters. The fraction of sp³-hybridized carbons (Fsp3) is 1.00. The van der Waals surface area contributed by atoms with Gasteiger partial charge in [-0.1, -0.05) is 26.2 Å².